The highest BCUT2D eigenvalue weighted by atomic mass is 28.3. The lowest BCUT2D eigenvalue weighted by Crippen LogP contribution is -2.58. The number of hydrogen-bond acceptors (Lipinski definition) is 3. The zero-order chi connectivity index (χ0) is 17.4. The van der Waals surface area contributed by atoms with E-state index in [0.29, 0.717) is 6.42 Å². The number of hydrogen-bond donors (Lipinski definition) is 1. The molecule has 4 heteroatoms. The molecule has 0 bridgehead atoms. The molecule has 3 rings (SSSR count). The van der Waals surface area contributed by atoms with Gasteiger partial charge in [-0.1, -0.05) is 66.7 Å². The molecular formula is C20H28O3Si. The van der Waals surface area contributed by atoms with E-state index in [9.17, 15) is 9.90 Å². The van der Waals surface area contributed by atoms with Gasteiger partial charge in [0, 0.05) is 0 Å². The molecular weight excluding hydrogens is 316 g/mol. The third-order valence-corrected chi connectivity index (χ3v) is 10.5. The average molecular weight is 345 g/mol. The van der Waals surface area contributed by atoms with Gasteiger partial charge in [-0.3, -0.25) is 4.79 Å². The maximum Gasteiger partial charge on any atom is 0.315 e. The fourth-order valence-electron chi connectivity index (χ4n) is 5.01. The zero-order valence-electron chi connectivity index (χ0n) is 14.9. The second kappa shape index (κ2) is 6.49. The molecule has 1 saturated carbocycles. The van der Waals surface area contributed by atoms with Crippen LogP contribution < -0.4 is 5.19 Å². The van der Waals surface area contributed by atoms with E-state index in [1.54, 1.807) is 0 Å². The third kappa shape index (κ3) is 2.66. The highest BCUT2D eigenvalue weighted by Gasteiger charge is 2.58. The molecule has 0 unspecified atom stereocenters. The highest BCUT2D eigenvalue weighted by molar-refractivity contribution is 6.91. The van der Waals surface area contributed by atoms with Gasteiger partial charge in [-0.05, 0) is 31.2 Å². The van der Waals surface area contributed by atoms with Crippen LogP contribution in [0.2, 0.25) is 18.6 Å². The van der Waals surface area contributed by atoms with E-state index in [-0.39, 0.29) is 11.5 Å². The van der Waals surface area contributed by atoms with Crippen molar-refractivity contribution < 1.29 is 14.6 Å². The van der Waals surface area contributed by atoms with Crippen LogP contribution in [-0.4, -0.2) is 32.4 Å². The molecule has 2 aliphatic carbocycles. The number of ether oxygens (including phenoxy) is 1. The molecule has 24 heavy (non-hydrogen) atoms. The van der Waals surface area contributed by atoms with E-state index in [4.69, 9.17) is 4.74 Å². The van der Waals surface area contributed by atoms with Crippen LogP contribution in [0.1, 0.15) is 32.1 Å². The number of aliphatic hydroxyl groups excluding tert-OH is 1. The van der Waals surface area contributed by atoms with Crippen molar-refractivity contribution in [3.8, 4) is 0 Å². The van der Waals surface area contributed by atoms with Crippen molar-refractivity contribution in [3.05, 3.63) is 42.0 Å². The first-order valence-corrected chi connectivity index (χ1v) is 12.0. The molecule has 0 saturated heterocycles. The number of aliphatic hydroxyl groups is 1. The smallest absolute Gasteiger partial charge is 0.315 e. The molecule has 1 N–H and O–H groups in total. The molecule has 0 spiro atoms. The van der Waals surface area contributed by atoms with E-state index in [0.717, 1.165) is 31.3 Å². The van der Waals surface area contributed by atoms with Crippen molar-refractivity contribution in [2.24, 2.45) is 5.41 Å². The number of rotatable bonds is 3. The molecule has 3 atom stereocenters. The Bertz CT molecular complexity index is 638. The molecule has 0 aliphatic heterocycles. The highest BCUT2D eigenvalue weighted by Crippen LogP contribution is 2.57. The van der Waals surface area contributed by atoms with Crippen molar-refractivity contribution in [1.29, 1.82) is 0 Å². The van der Waals surface area contributed by atoms with E-state index < -0.39 is 19.6 Å². The van der Waals surface area contributed by atoms with Gasteiger partial charge in [-0.15, -0.1) is 0 Å². The average Bonchev–Trinajstić information content (AvgIpc) is 2.60. The van der Waals surface area contributed by atoms with Crippen LogP contribution in [-0.2, 0) is 9.53 Å². The second-order valence-electron chi connectivity index (χ2n) is 7.81. The van der Waals surface area contributed by atoms with Gasteiger partial charge in [0.05, 0.1) is 26.7 Å². The monoisotopic (exact) mass is 344 g/mol. The number of fused-ring (bicyclic) bond motifs is 1. The van der Waals surface area contributed by atoms with Crippen LogP contribution in [0.5, 0.6) is 0 Å². The first-order chi connectivity index (χ1) is 11.4. The topological polar surface area (TPSA) is 46.5 Å². The molecule has 2 aliphatic rings. The van der Waals surface area contributed by atoms with Gasteiger partial charge in [0.25, 0.3) is 0 Å². The molecule has 1 fully saturated rings. The number of carbonyl (C=O) groups excluding carboxylic acids is 1. The van der Waals surface area contributed by atoms with E-state index in [1.807, 2.05) is 12.1 Å². The van der Waals surface area contributed by atoms with Gasteiger partial charge in [-0.25, -0.2) is 0 Å². The normalized spacial score (nSPS) is 30.2. The summed E-state index contributed by atoms with van der Waals surface area (Å²) in [5.74, 6) is -0.0955. The van der Waals surface area contributed by atoms with Crippen LogP contribution in [0.25, 0.3) is 0 Å². The summed E-state index contributed by atoms with van der Waals surface area (Å²) in [5, 5.41) is 11.8. The van der Waals surface area contributed by atoms with Crippen molar-refractivity contribution in [1.82, 2.24) is 0 Å². The van der Waals surface area contributed by atoms with Crippen LogP contribution in [0.4, 0.5) is 0 Å². The van der Waals surface area contributed by atoms with Gasteiger partial charge in [0.15, 0.2) is 0 Å². The minimum absolute atomic E-state index is 0.0955. The standard InChI is InChI=1S/C20H28O3Si/c1-23-19(22)20-12-8-7-9-15(20)13-16(21)14-18(20)24(2,3)17-10-5-4-6-11-17/h4-6,10-11,13,16,18,21H,7-9,12,14H2,1-3H3/t16-,18-,20+/m0/s1. The summed E-state index contributed by atoms with van der Waals surface area (Å²) in [7, 11) is -0.479. The molecule has 0 aromatic heterocycles. The Hall–Kier alpha value is -1.39. The van der Waals surface area contributed by atoms with Crippen LogP contribution in [0.15, 0.2) is 42.0 Å². The number of benzene rings is 1. The maximum absolute atomic E-state index is 13.0. The maximum atomic E-state index is 13.0. The summed E-state index contributed by atoms with van der Waals surface area (Å²) in [6, 6.07) is 10.6. The first kappa shape index (κ1) is 17.4. The van der Waals surface area contributed by atoms with Crippen LogP contribution >= 0.6 is 0 Å². The first-order valence-electron chi connectivity index (χ1n) is 8.96. The van der Waals surface area contributed by atoms with Crippen LogP contribution in [0, 0.1) is 5.41 Å². The number of methoxy groups -OCH3 is 1. The lowest BCUT2D eigenvalue weighted by molar-refractivity contribution is -0.152. The Kier molecular flexibility index (Phi) is 4.71. The van der Waals surface area contributed by atoms with Crippen molar-refractivity contribution >= 4 is 19.2 Å². The summed E-state index contributed by atoms with van der Waals surface area (Å²) in [4.78, 5) is 13.0. The number of carbonyl (C=O) groups is 1. The quantitative estimate of drug-likeness (QED) is 0.519. The molecule has 1 aromatic carbocycles. The Morgan fingerprint density at radius 3 is 2.62 bits per heavy atom. The molecule has 1 aromatic rings. The summed E-state index contributed by atoms with van der Waals surface area (Å²) < 4.78 is 5.31. The zero-order valence-corrected chi connectivity index (χ0v) is 15.9. The molecule has 0 radical (unpaired) electrons. The van der Waals surface area contributed by atoms with Gasteiger partial charge < -0.3 is 9.84 Å². The molecule has 0 amide bonds. The van der Waals surface area contributed by atoms with E-state index in [2.05, 4.69) is 37.4 Å². The Labute approximate surface area is 145 Å². The van der Waals surface area contributed by atoms with Gasteiger partial charge in [-0.2, -0.15) is 0 Å². The SMILES string of the molecule is COC(=O)[C@]12CCCCC1=C[C@H](O)C[C@@H]2[Si](C)(C)c1ccccc1. The summed E-state index contributed by atoms with van der Waals surface area (Å²) in [5.41, 5.74) is 0.758. The minimum Gasteiger partial charge on any atom is -0.468 e. The largest absolute Gasteiger partial charge is 0.468 e. The summed E-state index contributed by atoms with van der Waals surface area (Å²) in [6.07, 6.45) is 6.06. The fraction of sp³-hybridized carbons (Fsp3) is 0.550. The van der Waals surface area contributed by atoms with Gasteiger partial charge in [0.1, 0.15) is 0 Å². The van der Waals surface area contributed by atoms with E-state index in [1.165, 1.54) is 12.3 Å². The lowest BCUT2D eigenvalue weighted by Gasteiger charge is -2.52. The van der Waals surface area contributed by atoms with Crippen LogP contribution in [0.3, 0.4) is 0 Å². The molecule has 0 heterocycles. The molecule has 3 nitrogen and oxygen atoms in total. The van der Waals surface area contributed by atoms with Gasteiger partial charge in [0.2, 0.25) is 0 Å². The van der Waals surface area contributed by atoms with E-state index >= 15 is 0 Å². The fourth-order valence-corrected chi connectivity index (χ4v) is 8.98. The Morgan fingerprint density at radius 2 is 1.96 bits per heavy atom. The van der Waals surface area contributed by atoms with Crippen molar-refractivity contribution in [2.75, 3.05) is 7.11 Å². The second-order valence-corrected chi connectivity index (χ2v) is 12.5. The minimum atomic E-state index is -1.98. The predicted molar refractivity (Wildman–Crippen MR) is 98.9 cm³/mol. The van der Waals surface area contributed by atoms with Gasteiger partial charge >= 0.3 is 5.97 Å². The summed E-state index contributed by atoms with van der Waals surface area (Å²) in [6.45, 7) is 4.67. The number of esters is 1. The predicted octanol–water partition coefficient (Wildman–Crippen LogP) is 3.40. The third-order valence-electron chi connectivity index (χ3n) is 6.24. The van der Waals surface area contributed by atoms with Crippen molar-refractivity contribution in [2.45, 2.75) is 56.8 Å². The lowest BCUT2D eigenvalue weighted by atomic mass is 9.64. The Morgan fingerprint density at radius 1 is 1.25 bits per heavy atom. The van der Waals surface area contributed by atoms with Crippen molar-refractivity contribution in [3.63, 3.8) is 0 Å². The Balaban J connectivity index is 2.13. The summed E-state index contributed by atoms with van der Waals surface area (Å²) >= 11 is 0. The molecule has 130 valence electrons.